The van der Waals surface area contributed by atoms with Gasteiger partial charge in [-0.3, -0.25) is 4.79 Å². The highest BCUT2D eigenvalue weighted by Gasteiger charge is 2.22. The number of carbonyl (C=O) groups is 1. The molecule has 0 spiro atoms. The number of ether oxygens (including phenoxy) is 1. The second kappa shape index (κ2) is 3.91. The van der Waals surface area contributed by atoms with Gasteiger partial charge in [-0.25, -0.2) is 0 Å². The Morgan fingerprint density at radius 1 is 1.28 bits per heavy atom. The van der Waals surface area contributed by atoms with Crippen LogP contribution in [0.2, 0.25) is 0 Å². The number of allylic oxidation sites excluding steroid dienone is 3. The number of fused-ring (bicyclic) bond motifs is 1. The summed E-state index contributed by atoms with van der Waals surface area (Å²) in [5, 5.41) is 3.26. The van der Waals surface area contributed by atoms with Crippen LogP contribution in [-0.4, -0.2) is 19.9 Å². The molecule has 0 unspecified atom stereocenters. The lowest BCUT2D eigenvalue weighted by Gasteiger charge is -2.26. The molecule has 0 radical (unpaired) electrons. The largest absolute Gasteiger partial charge is 0.453 e. The molecule has 1 heterocycles. The molecule has 18 heavy (non-hydrogen) atoms. The van der Waals surface area contributed by atoms with Gasteiger partial charge in [-0.05, 0) is 24.3 Å². The van der Waals surface area contributed by atoms with E-state index in [0.717, 1.165) is 28.6 Å². The molecule has 3 rings (SSSR count). The van der Waals surface area contributed by atoms with Gasteiger partial charge in [0.2, 0.25) is 0 Å². The van der Waals surface area contributed by atoms with Gasteiger partial charge in [-0.15, -0.1) is 0 Å². The zero-order chi connectivity index (χ0) is 12.7. The van der Waals surface area contributed by atoms with E-state index in [1.54, 1.807) is 12.2 Å². The van der Waals surface area contributed by atoms with Crippen molar-refractivity contribution in [1.82, 2.24) is 0 Å². The van der Waals surface area contributed by atoms with Crippen molar-refractivity contribution in [3.63, 3.8) is 0 Å². The number of hydrogen-bond donors (Lipinski definition) is 1. The summed E-state index contributed by atoms with van der Waals surface area (Å²) in [6, 6.07) is 5.97. The smallest absolute Gasteiger partial charge is 0.161 e. The molecule has 1 N–H and O–H groups in total. The molecule has 0 saturated carbocycles. The maximum absolute atomic E-state index is 11.4. The number of anilines is 2. The van der Waals surface area contributed by atoms with Crippen molar-refractivity contribution in [2.45, 2.75) is 6.42 Å². The fourth-order valence-corrected chi connectivity index (χ4v) is 2.05. The Bertz CT molecular complexity index is 585. The first-order valence-electron chi connectivity index (χ1n) is 5.84. The normalized spacial score (nSPS) is 16.7. The summed E-state index contributed by atoms with van der Waals surface area (Å²) in [5.74, 6) is 1.62. The average Bonchev–Trinajstić information content (AvgIpc) is 2.35. The van der Waals surface area contributed by atoms with E-state index in [4.69, 9.17) is 4.74 Å². The Labute approximate surface area is 106 Å². The molecular formula is C14H14N2O2. The van der Waals surface area contributed by atoms with Crippen LogP contribution >= 0.6 is 0 Å². The lowest BCUT2D eigenvalue weighted by molar-refractivity contribution is -0.114. The Morgan fingerprint density at radius 3 is 2.89 bits per heavy atom. The summed E-state index contributed by atoms with van der Waals surface area (Å²) in [4.78, 5) is 13.4. The predicted molar refractivity (Wildman–Crippen MR) is 70.8 cm³/mol. The highest BCUT2D eigenvalue weighted by Crippen LogP contribution is 2.37. The Balaban J connectivity index is 1.96. The molecule has 0 amide bonds. The van der Waals surface area contributed by atoms with Crippen LogP contribution in [0, 0.1) is 0 Å². The third kappa shape index (κ3) is 1.76. The number of nitrogens with one attached hydrogen (secondary N) is 1. The molecule has 0 aromatic heterocycles. The van der Waals surface area contributed by atoms with Gasteiger partial charge in [0.15, 0.2) is 11.5 Å². The number of carbonyl (C=O) groups excluding carboxylic acids is 1. The van der Waals surface area contributed by atoms with Crippen molar-refractivity contribution in [3.8, 4) is 5.75 Å². The molecule has 0 bridgehead atoms. The first kappa shape index (κ1) is 10.9. The number of hydrogen-bond acceptors (Lipinski definition) is 4. The maximum Gasteiger partial charge on any atom is 0.161 e. The minimum absolute atomic E-state index is 0.0956. The zero-order valence-corrected chi connectivity index (χ0v) is 10.4. The van der Waals surface area contributed by atoms with E-state index < -0.39 is 0 Å². The fraction of sp³-hybridized carbons (Fsp3) is 0.214. The lowest BCUT2D eigenvalue weighted by atomic mass is 10.1. The van der Waals surface area contributed by atoms with E-state index in [-0.39, 0.29) is 5.78 Å². The van der Waals surface area contributed by atoms with Crippen LogP contribution in [0.4, 0.5) is 11.4 Å². The minimum Gasteiger partial charge on any atom is -0.453 e. The van der Waals surface area contributed by atoms with Crippen LogP contribution < -0.4 is 15.0 Å². The molecular weight excluding hydrogens is 228 g/mol. The van der Waals surface area contributed by atoms with Crippen LogP contribution in [0.15, 0.2) is 41.8 Å². The van der Waals surface area contributed by atoms with E-state index in [1.165, 1.54) is 0 Å². The van der Waals surface area contributed by atoms with Gasteiger partial charge >= 0.3 is 0 Å². The molecule has 1 aliphatic heterocycles. The number of rotatable bonds is 1. The van der Waals surface area contributed by atoms with Gasteiger partial charge in [0, 0.05) is 25.8 Å². The van der Waals surface area contributed by atoms with Gasteiger partial charge in [-0.1, -0.05) is 0 Å². The highest BCUT2D eigenvalue weighted by molar-refractivity contribution is 5.94. The first-order valence-corrected chi connectivity index (χ1v) is 5.84. The summed E-state index contributed by atoms with van der Waals surface area (Å²) in [6.07, 6.45) is 3.65. The van der Waals surface area contributed by atoms with Crippen molar-refractivity contribution in [2.24, 2.45) is 0 Å². The second-order valence-corrected chi connectivity index (χ2v) is 4.62. The topological polar surface area (TPSA) is 41.6 Å². The fourth-order valence-electron chi connectivity index (χ4n) is 2.05. The van der Waals surface area contributed by atoms with Crippen molar-refractivity contribution in [2.75, 3.05) is 24.3 Å². The average molecular weight is 242 g/mol. The molecule has 92 valence electrons. The van der Waals surface area contributed by atoms with E-state index >= 15 is 0 Å². The van der Waals surface area contributed by atoms with Gasteiger partial charge in [0.25, 0.3) is 0 Å². The van der Waals surface area contributed by atoms with Gasteiger partial charge in [0.1, 0.15) is 5.76 Å². The number of benzene rings is 1. The second-order valence-electron chi connectivity index (χ2n) is 4.62. The Kier molecular flexibility index (Phi) is 2.37. The van der Waals surface area contributed by atoms with Gasteiger partial charge in [0.05, 0.1) is 17.8 Å². The third-order valence-electron chi connectivity index (χ3n) is 3.06. The van der Waals surface area contributed by atoms with Crippen LogP contribution in [0.5, 0.6) is 5.75 Å². The summed E-state index contributed by atoms with van der Waals surface area (Å²) >= 11 is 0. The van der Waals surface area contributed by atoms with Crippen molar-refractivity contribution in [1.29, 1.82) is 0 Å². The van der Waals surface area contributed by atoms with E-state index in [1.807, 2.05) is 37.2 Å². The zero-order valence-electron chi connectivity index (χ0n) is 10.4. The molecule has 2 aliphatic rings. The summed E-state index contributed by atoms with van der Waals surface area (Å²) in [6.45, 7) is 0. The molecule has 1 aliphatic carbocycles. The van der Waals surface area contributed by atoms with Crippen LogP contribution in [0.25, 0.3) is 0 Å². The summed E-state index contributed by atoms with van der Waals surface area (Å²) < 4.78 is 5.83. The first-order chi connectivity index (χ1) is 8.63. The minimum atomic E-state index is 0.0956. The predicted octanol–water partition coefficient (Wildman–Crippen LogP) is 2.30. The number of nitrogens with zero attached hydrogens (tertiary/aromatic N) is 1. The van der Waals surface area contributed by atoms with E-state index in [9.17, 15) is 4.79 Å². The summed E-state index contributed by atoms with van der Waals surface area (Å²) in [5.41, 5.74) is 2.82. The monoisotopic (exact) mass is 242 g/mol. The SMILES string of the molecule is CN(C)c1ccc2c(c1)OC1=C(CC(=O)C=C1)N2. The lowest BCUT2D eigenvalue weighted by Crippen LogP contribution is -2.19. The quantitative estimate of drug-likeness (QED) is 0.820. The summed E-state index contributed by atoms with van der Waals surface area (Å²) in [7, 11) is 3.98. The van der Waals surface area contributed by atoms with Crippen LogP contribution in [-0.2, 0) is 4.79 Å². The number of ketones is 1. The molecule has 0 atom stereocenters. The third-order valence-corrected chi connectivity index (χ3v) is 3.06. The van der Waals surface area contributed by atoms with Crippen molar-refractivity contribution in [3.05, 3.63) is 41.8 Å². The van der Waals surface area contributed by atoms with Gasteiger partial charge in [-0.2, -0.15) is 0 Å². The molecule has 1 aromatic rings. The highest BCUT2D eigenvalue weighted by atomic mass is 16.5. The Hall–Kier alpha value is -2.23. The standard InChI is InChI=1S/C14H14N2O2/c1-16(2)9-3-5-11-14(7-9)18-13-6-4-10(17)8-12(13)15-11/h3-7,15H,8H2,1-2H3. The Morgan fingerprint density at radius 2 is 2.11 bits per heavy atom. The molecule has 0 saturated heterocycles. The van der Waals surface area contributed by atoms with Gasteiger partial charge < -0.3 is 15.0 Å². The molecule has 0 fully saturated rings. The molecule has 1 aromatic carbocycles. The van der Waals surface area contributed by atoms with E-state index in [0.29, 0.717) is 6.42 Å². The van der Waals surface area contributed by atoms with Crippen molar-refractivity contribution >= 4 is 17.2 Å². The molecule has 4 heteroatoms. The molecule has 4 nitrogen and oxygen atoms in total. The van der Waals surface area contributed by atoms with E-state index in [2.05, 4.69) is 5.32 Å². The van der Waals surface area contributed by atoms with Crippen molar-refractivity contribution < 1.29 is 9.53 Å². The van der Waals surface area contributed by atoms with Crippen LogP contribution in [0.3, 0.4) is 0 Å². The van der Waals surface area contributed by atoms with Crippen LogP contribution in [0.1, 0.15) is 6.42 Å². The maximum atomic E-state index is 11.4.